The molecule has 1 amide bonds. The predicted octanol–water partition coefficient (Wildman–Crippen LogP) is 3.04. The number of benzene rings is 2. The second-order valence-corrected chi connectivity index (χ2v) is 6.99. The van der Waals surface area contributed by atoms with E-state index in [0.717, 1.165) is 16.5 Å². The number of esters is 1. The number of hydrogen-bond donors (Lipinski definition) is 1. The molecule has 28 heavy (non-hydrogen) atoms. The van der Waals surface area contributed by atoms with Crippen molar-refractivity contribution < 1.29 is 19.1 Å². The van der Waals surface area contributed by atoms with Crippen molar-refractivity contribution >= 4 is 28.6 Å². The van der Waals surface area contributed by atoms with Gasteiger partial charge in [-0.15, -0.1) is 0 Å². The van der Waals surface area contributed by atoms with Gasteiger partial charge in [-0.1, -0.05) is 48.5 Å². The first-order valence-corrected chi connectivity index (χ1v) is 9.14. The molecule has 1 fully saturated rings. The van der Waals surface area contributed by atoms with Crippen LogP contribution in [0.5, 0.6) is 0 Å². The van der Waals surface area contributed by atoms with Crippen molar-refractivity contribution in [2.45, 2.75) is 6.42 Å². The number of nitrogens with one attached hydrogen (secondary N) is 1. The first-order chi connectivity index (χ1) is 13.5. The molecule has 1 unspecified atom stereocenters. The number of para-hydroxylation sites is 1. The van der Waals surface area contributed by atoms with Crippen LogP contribution in [0.4, 0.5) is 0 Å². The minimum Gasteiger partial charge on any atom is -0.457 e. The minimum absolute atomic E-state index is 0.0868. The maximum atomic E-state index is 13.0. The van der Waals surface area contributed by atoms with Crippen LogP contribution in [0, 0.1) is 5.92 Å². The molecule has 1 N–H and O–H groups in total. The number of aromatic amines is 1. The average molecular weight is 376 g/mol. The second kappa shape index (κ2) is 7.31. The molecule has 6 heteroatoms. The van der Waals surface area contributed by atoms with Gasteiger partial charge >= 0.3 is 5.97 Å². The Labute approximate surface area is 162 Å². The maximum absolute atomic E-state index is 13.0. The number of Topliss-reactive ketones (excluding diaryl/α,β-unsaturated/α-hetero) is 1. The molecular weight excluding hydrogens is 356 g/mol. The van der Waals surface area contributed by atoms with Gasteiger partial charge in [0, 0.05) is 30.9 Å². The number of likely N-dealkylation sites (tertiary alicyclic amines) is 1. The molecule has 0 aliphatic carbocycles. The van der Waals surface area contributed by atoms with Crippen LogP contribution in [0.2, 0.25) is 0 Å². The lowest BCUT2D eigenvalue weighted by Crippen LogP contribution is -2.24. The van der Waals surface area contributed by atoms with Gasteiger partial charge in [0.2, 0.25) is 11.7 Å². The van der Waals surface area contributed by atoms with Crippen molar-refractivity contribution in [2.24, 2.45) is 5.92 Å². The van der Waals surface area contributed by atoms with Crippen LogP contribution in [0.15, 0.2) is 54.6 Å². The average Bonchev–Trinajstić information content (AvgIpc) is 3.27. The lowest BCUT2D eigenvalue weighted by atomic mass is 10.0. The van der Waals surface area contributed by atoms with E-state index in [4.69, 9.17) is 4.74 Å². The highest BCUT2D eigenvalue weighted by atomic mass is 16.5. The van der Waals surface area contributed by atoms with Gasteiger partial charge in [0.1, 0.15) is 0 Å². The molecule has 1 aliphatic heterocycles. The Morgan fingerprint density at radius 2 is 1.82 bits per heavy atom. The molecule has 2 aromatic carbocycles. The summed E-state index contributed by atoms with van der Waals surface area (Å²) in [4.78, 5) is 41.7. The second-order valence-electron chi connectivity index (χ2n) is 6.99. The first-order valence-electron chi connectivity index (χ1n) is 9.14. The summed E-state index contributed by atoms with van der Waals surface area (Å²) in [5.41, 5.74) is 2.95. The Morgan fingerprint density at radius 1 is 1.11 bits per heavy atom. The molecule has 3 aromatic rings. The molecule has 0 radical (unpaired) electrons. The number of hydrogen-bond acceptors (Lipinski definition) is 4. The largest absolute Gasteiger partial charge is 0.457 e. The minimum atomic E-state index is -0.512. The smallest absolute Gasteiger partial charge is 0.311 e. The standard InChI is InChI=1S/C22H20N2O4/c1-24-12-15(11-19(24)26)22(27)28-13-18(25)20-16-9-5-6-10-17(16)23-21(20)14-7-3-2-4-8-14/h2-10,15,23H,11-13H2,1H3. The Kier molecular flexibility index (Phi) is 4.69. The van der Waals surface area contributed by atoms with Gasteiger partial charge in [-0.3, -0.25) is 14.4 Å². The van der Waals surface area contributed by atoms with E-state index in [1.165, 1.54) is 4.90 Å². The Morgan fingerprint density at radius 3 is 2.54 bits per heavy atom. The summed E-state index contributed by atoms with van der Waals surface area (Å²) >= 11 is 0. The fraction of sp³-hybridized carbons (Fsp3) is 0.227. The van der Waals surface area contributed by atoms with Crippen LogP contribution in [0.3, 0.4) is 0 Å². The van der Waals surface area contributed by atoms with Crippen LogP contribution < -0.4 is 0 Å². The summed E-state index contributed by atoms with van der Waals surface area (Å²) in [5.74, 6) is -1.38. The molecule has 6 nitrogen and oxygen atoms in total. The molecule has 1 aromatic heterocycles. The van der Waals surface area contributed by atoms with E-state index in [0.29, 0.717) is 17.8 Å². The summed E-state index contributed by atoms with van der Waals surface area (Å²) in [6, 6.07) is 17.1. The number of carbonyl (C=O) groups is 3. The lowest BCUT2D eigenvalue weighted by Gasteiger charge is -2.10. The van der Waals surface area contributed by atoms with Crippen molar-refractivity contribution in [1.82, 2.24) is 9.88 Å². The zero-order valence-electron chi connectivity index (χ0n) is 15.5. The fourth-order valence-corrected chi connectivity index (χ4v) is 3.60. The Hall–Kier alpha value is -3.41. The van der Waals surface area contributed by atoms with Gasteiger partial charge in [0.05, 0.1) is 17.2 Å². The van der Waals surface area contributed by atoms with E-state index >= 15 is 0 Å². The first kappa shape index (κ1) is 18.0. The Balaban J connectivity index is 1.59. The summed E-state index contributed by atoms with van der Waals surface area (Å²) in [6.45, 7) is -0.0247. The van der Waals surface area contributed by atoms with Gasteiger partial charge in [-0.05, 0) is 11.6 Å². The van der Waals surface area contributed by atoms with Gasteiger partial charge in [-0.25, -0.2) is 0 Å². The van der Waals surface area contributed by atoms with E-state index in [1.807, 2.05) is 54.6 Å². The van der Waals surface area contributed by atoms with Crippen LogP contribution in [-0.2, 0) is 14.3 Å². The summed E-state index contributed by atoms with van der Waals surface area (Å²) in [5, 5.41) is 0.790. The molecule has 1 aliphatic rings. The van der Waals surface area contributed by atoms with Crippen molar-refractivity contribution in [1.29, 1.82) is 0 Å². The number of amides is 1. The molecule has 4 rings (SSSR count). The highest BCUT2D eigenvalue weighted by molar-refractivity contribution is 6.14. The van der Waals surface area contributed by atoms with Crippen molar-refractivity contribution in [3.8, 4) is 11.3 Å². The molecular formula is C22H20N2O4. The zero-order valence-corrected chi connectivity index (χ0v) is 15.5. The number of fused-ring (bicyclic) bond motifs is 1. The van der Waals surface area contributed by atoms with E-state index in [1.54, 1.807) is 7.05 Å². The number of carbonyl (C=O) groups excluding carboxylic acids is 3. The van der Waals surface area contributed by atoms with Crippen LogP contribution >= 0.6 is 0 Å². The van der Waals surface area contributed by atoms with Gasteiger partial charge < -0.3 is 14.6 Å². The predicted molar refractivity (Wildman–Crippen MR) is 105 cm³/mol. The molecule has 1 saturated heterocycles. The number of aromatic nitrogens is 1. The van der Waals surface area contributed by atoms with E-state index in [2.05, 4.69) is 4.98 Å². The molecule has 0 bridgehead atoms. The van der Waals surface area contributed by atoms with Crippen LogP contribution in [0.25, 0.3) is 22.2 Å². The third-order valence-corrected chi connectivity index (χ3v) is 5.07. The fourth-order valence-electron chi connectivity index (χ4n) is 3.60. The van der Waals surface area contributed by atoms with Crippen molar-refractivity contribution in [3.05, 3.63) is 60.2 Å². The number of ether oxygens (including phenoxy) is 1. The maximum Gasteiger partial charge on any atom is 0.311 e. The normalized spacial score (nSPS) is 16.5. The molecule has 142 valence electrons. The third kappa shape index (κ3) is 3.29. The van der Waals surface area contributed by atoms with Crippen molar-refractivity contribution in [2.75, 3.05) is 20.2 Å². The highest BCUT2D eigenvalue weighted by Gasteiger charge is 2.33. The molecule has 1 atom stereocenters. The number of ketones is 1. The van der Waals surface area contributed by atoms with Gasteiger partial charge in [0.25, 0.3) is 0 Å². The summed E-state index contributed by atoms with van der Waals surface area (Å²) in [7, 11) is 1.65. The van der Waals surface area contributed by atoms with Crippen molar-refractivity contribution in [3.63, 3.8) is 0 Å². The molecule has 0 saturated carbocycles. The molecule has 0 spiro atoms. The quantitative estimate of drug-likeness (QED) is 0.548. The lowest BCUT2D eigenvalue weighted by molar-refractivity contribution is -0.147. The summed E-state index contributed by atoms with van der Waals surface area (Å²) in [6.07, 6.45) is 0.131. The Bertz CT molecular complexity index is 1050. The number of rotatable bonds is 5. The topological polar surface area (TPSA) is 79.5 Å². The highest BCUT2D eigenvalue weighted by Crippen LogP contribution is 2.30. The monoisotopic (exact) mass is 376 g/mol. The van der Waals surface area contributed by atoms with Crippen LogP contribution in [0.1, 0.15) is 16.8 Å². The SMILES string of the molecule is CN1CC(C(=O)OCC(=O)c2c(-c3ccccc3)[nH]c3ccccc23)CC1=O. The molecule has 2 heterocycles. The number of H-pyrrole nitrogens is 1. The third-order valence-electron chi connectivity index (χ3n) is 5.07. The van der Waals surface area contributed by atoms with Crippen LogP contribution in [-0.4, -0.2) is 47.7 Å². The number of nitrogens with zero attached hydrogens (tertiary/aromatic N) is 1. The summed E-state index contributed by atoms with van der Waals surface area (Å²) < 4.78 is 5.27. The zero-order chi connectivity index (χ0) is 19.7. The van der Waals surface area contributed by atoms with E-state index < -0.39 is 11.9 Å². The van der Waals surface area contributed by atoms with E-state index in [-0.39, 0.29) is 24.7 Å². The van der Waals surface area contributed by atoms with Gasteiger partial charge in [-0.2, -0.15) is 0 Å². The van der Waals surface area contributed by atoms with Gasteiger partial charge in [0.15, 0.2) is 6.61 Å². The van der Waals surface area contributed by atoms with E-state index in [9.17, 15) is 14.4 Å².